The molecule has 5 heteroatoms. The first-order valence-electron chi connectivity index (χ1n) is 6.43. The number of hydrogen-bond acceptors (Lipinski definition) is 2. The highest BCUT2D eigenvalue weighted by Crippen LogP contribution is 2.20. The fourth-order valence-corrected chi connectivity index (χ4v) is 2.51. The van der Waals surface area contributed by atoms with E-state index in [0.29, 0.717) is 16.6 Å². The molecule has 0 unspecified atom stereocenters. The van der Waals surface area contributed by atoms with E-state index in [1.165, 1.54) is 6.07 Å². The van der Waals surface area contributed by atoms with Crippen LogP contribution in [0, 0.1) is 5.82 Å². The number of rotatable bonds is 3. The van der Waals surface area contributed by atoms with E-state index in [1.807, 2.05) is 30.3 Å². The first-order valence-corrected chi connectivity index (χ1v) is 7.22. The summed E-state index contributed by atoms with van der Waals surface area (Å²) >= 11 is 3.14. The van der Waals surface area contributed by atoms with E-state index in [1.54, 1.807) is 12.1 Å². The number of hydrogen-bond donors (Lipinski definition) is 2. The summed E-state index contributed by atoms with van der Waals surface area (Å²) in [7, 11) is 0. The number of aromatic nitrogens is 1. The van der Waals surface area contributed by atoms with E-state index < -0.39 is 0 Å². The van der Waals surface area contributed by atoms with E-state index in [2.05, 4.69) is 26.2 Å². The van der Waals surface area contributed by atoms with Crippen molar-refractivity contribution in [2.75, 3.05) is 5.32 Å². The lowest BCUT2D eigenvalue weighted by Gasteiger charge is -2.08. The Labute approximate surface area is 128 Å². The predicted molar refractivity (Wildman–Crippen MR) is 86.0 cm³/mol. The highest BCUT2D eigenvalue weighted by molar-refractivity contribution is 9.10. The van der Waals surface area contributed by atoms with E-state index in [0.717, 1.165) is 16.6 Å². The average Bonchev–Trinajstić information content (AvgIpc) is 2.48. The van der Waals surface area contributed by atoms with Crippen LogP contribution in [0.15, 0.2) is 57.8 Å². The van der Waals surface area contributed by atoms with Crippen molar-refractivity contribution in [3.05, 3.63) is 74.7 Å². The zero-order chi connectivity index (χ0) is 14.8. The van der Waals surface area contributed by atoms with Crippen molar-refractivity contribution in [3.63, 3.8) is 0 Å². The number of halogens is 2. The normalized spacial score (nSPS) is 10.8. The molecule has 3 rings (SSSR count). The van der Waals surface area contributed by atoms with E-state index >= 15 is 0 Å². The van der Waals surface area contributed by atoms with Crippen molar-refractivity contribution in [2.45, 2.75) is 6.54 Å². The molecule has 0 aliphatic heterocycles. The Balaban J connectivity index is 1.86. The summed E-state index contributed by atoms with van der Waals surface area (Å²) in [6.45, 7) is 0.373. The Morgan fingerprint density at radius 2 is 1.95 bits per heavy atom. The number of fused-ring (bicyclic) bond motifs is 1. The zero-order valence-corrected chi connectivity index (χ0v) is 12.6. The van der Waals surface area contributed by atoms with Crippen molar-refractivity contribution in [3.8, 4) is 0 Å². The van der Waals surface area contributed by atoms with E-state index in [-0.39, 0.29) is 11.4 Å². The van der Waals surface area contributed by atoms with Gasteiger partial charge >= 0.3 is 0 Å². The van der Waals surface area contributed by atoms with Crippen molar-refractivity contribution in [1.82, 2.24) is 4.98 Å². The van der Waals surface area contributed by atoms with Crippen LogP contribution in [0.1, 0.15) is 5.56 Å². The molecule has 0 fully saturated rings. The van der Waals surface area contributed by atoms with Crippen LogP contribution in [-0.4, -0.2) is 4.98 Å². The SMILES string of the molecule is O=c1[nH]c2ccccc2cc1CNc1ccc(F)c(Br)c1. The fourth-order valence-electron chi connectivity index (χ4n) is 2.13. The van der Waals surface area contributed by atoms with Crippen molar-refractivity contribution in [2.24, 2.45) is 0 Å². The van der Waals surface area contributed by atoms with Gasteiger partial charge < -0.3 is 10.3 Å². The largest absolute Gasteiger partial charge is 0.381 e. The lowest BCUT2D eigenvalue weighted by molar-refractivity contribution is 0.621. The fraction of sp³-hybridized carbons (Fsp3) is 0.0625. The van der Waals surface area contributed by atoms with Crippen LogP contribution in [0.5, 0.6) is 0 Å². The number of nitrogens with one attached hydrogen (secondary N) is 2. The summed E-state index contributed by atoms with van der Waals surface area (Å²) in [4.78, 5) is 14.9. The Bertz CT molecular complexity index is 860. The van der Waals surface area contributed by atoms with Gasteiger partial charge in [0.2, 0.25) is 0 Å². The Morgan fingerprint density at radius 1 is 1.14 bits per heavy atom. The molecule has 1 aromatic heterocycles. The molecule has 3 nitrogen and oxygen atoms in total. The van der Waals surface area contributed by atoms with Crippen LogP contribution in [0.2, 0.25) is 0 Å². The molecule has 1 heterocycles. The van der Waals surface area contributed by atoms with Gasteiger partial charge in [-0.15, -0.1) is 0 Å². The van der Waals surface area contributed by atoms with Gasteiger partial charge in [-0.05, 0) is 51.6 Å². The Morgan fingerprint density at radius 3 is 2.76 bits per heavy atom. The molecule has 0 spiro atoms. The first kappa shape index (κ1) is 13.8. The van der Waals surface area contributed by atoms with Crippen LogP contribution in [0.25, 0.3) is 10.9 Å². The second-order valence-corrected chi connectivity index (χ2v) is 5.55. The number of H-pyrrole nitrogens is 1. The van der Waals surface area contributed by atoms with Gasteiger partial charge in [0, 0.05) is 23.3 Å². The van der Waals surface area contributed by atoms with Gasteiger partial charge in [-0.2, -0.15) is 0 Å². The summed E-state index contributed by atoms with van der Waals surface area (Å²) in [6, 6.07) is 14.1. The van der Waals surface area contributed by atoms with Crippen LogP contribution < -0.4 is 10.9 Å². The number of anilines is 1. The molecule has 2 aromatic carbocycles. The smallest absolute Gasteiger partial charge is 0.253 e. The van der Waals surface area contributed by atoms with Gasteiger partial charge in [0.15, 0.2) is 0 Å². The highest BCUT2D eigenvalue weighted by Gasteiger charge is 2.04. The third-order valence-corrected chi connectivity index (χ3v) is 3.84. The van der Waals surface area contributed by atoms with Crippen LogP contribution in [0.4, 0.5) is 10.1 Å². The van der Waals surface area contributed by atoms with Gasteiger partial charge in [-0.3, -0.25) is 4.79 Å². The molecule has 0 aliphatic carbocycles. The molecular weight excluding hydrogens is 335 g/mol. The molecule has 0 atom stereocenters. The molecule has 106 valence electrons. The van der Waals surface area contributed by atoms with Crippen molar-refractivity contribution in [1.29, 1.82) is 0 Å². The molecule has 0 saturated heterocycles. The highest BCUT2D eigenvalue weighted by atomic mass is 79.9. The van der Waals surface area contributed by atoms with Gasteiger partial charge in [0.1, 0.15) is 5.82 Å². The number of para-hydroxylation sites is 1. The maximum absolute atomic E-state index is 13.2. The maximum atomic E-state index is 13.2. The summed E-state index contributed by atoms with van der Waals surface area (Å²) in [5.74, 6) is -0.316. The van der Waals surface area contributed by atoms with Crippen molar-refractivity contribution >= 4 is 32.5 Å². The van der Waals surface area contributed by atoms with E-state index in [4.69, 9.17) is 0 Å². The van der Waals surface area contributed by atoms with E-state index in [9.17, 15) is 9.18 Å². The summed E-state index contributed by atoms with van der Waals surface area (Å²) in [5.41, 5.74) is 2.07. The van der Waals surface area contributed by atoms with Crippen LogP contribution in [-0.2, 0) is 6.54 Å². The maximum Gasteiger partial charge on any atom is 0.253 e. The minimum Gasteiger partial charge on any atom is -0.381 e. The molecule has 0 aliphatic rings. The summed E-state index contributed by atoms with van der Waals surface area (Å²) in [6.07, 6.45) is 0. The van der Waals surface area contributed by atoms with Crippen LogP contribution in [0.3, 0.4) is 0 Å². The standard InChI is InChI=1S/C16H12BrFN2O/c17-13-8-12(5-6-14(13)18)19-9-11-7-10-3-1-2-4-15(10)20-16(11)21/h1-8,19H,9H2,(H,20,21). The van der Waals surface area contributed by atoms with Gasteiger partial charge in [0.25, 0.3) is 5.56 Å². The first-order chi connectivity index (χ1) is 10.1. The molecule has 0 saturated carbocycles. The Hall–Kier alpha value is -2.14. The molecule has 0 radical (unpaired) electrons. The zero-order valence-electron chi connectivity index (χ0n) is 11.0. The quantitative estimate of drug-likeness (QED) is 0.751. The number of pyridine rings is 1. The summed E-state index contributed by atoms with van der Waals surface area (Å²) < 4.78 is 13.6. The molecular formula is C16H12BrFN2O. The topological polar surface area (TPSA) is 44.9 Å². The van der Waals surface area contributed by atoms with Crippen LogP contribution >= 0.6 is 15.9 Å². The minimum absolute atomic E-state index is 0.123. The van der Waals surface area contributed by atoms with Gasteiger partial charge in [-0.25, -0.2) is 4.39 Å². The van der Waals surface area contributed by atoms with Crippen molar-refractivity contribution < 1.29 is 4.39 Å². The van der Waals surface area contributed by atoms with Gasteiger partial charge in [0.05, 0.1) is 4.47 Å². The minimum atomic E-state index is -0.316. The monoisotopic (exact) mass is 346 g/mol. The second kappa shape index (κ2) is 5.69. The molecule has 0 bridgehead atoms. The second-order valence-electron chi connectivity index (χ2n) is 4.69. The Kier molecular flexibility index (Phi) is 3.75. The third kappa shape index (κ3) is 2.97. The number of benzene rings is 2. The lowest BCUT2D eigenvalue weighted by atomic mass is 10.1. The predicted octanol–water partition coefficient (Wildman–Crippen LogP) is 4.04. The molecule has 2 N–H and O–H groups in total. The summed E-state index contributed by atoms with van der Waals surface area (Å²) in [5, 5.41) is 4.10. The lowest BCUT2D eigenvalue weighted by Crippen LogP contribution is -2.15. The number of aromatic amines is 1. The molecule has 0 amide bonds. The average molecular weight is 347 g/mol. The van der Waals surface area contributed by atoms with Gasteiger partial charge in [-0.1, -0.05) is 18.2 Å². The third-order valence-electron chi connectivity index (χ3n) is 3.23. The molecule has 21 heavy (non-hydrogen) atoms. The molecule has 3 aromatic rings.